The Labute approximate surface area is 169 Å². The number of benzene rings is 2. The van der Waals surface area contributed by atoms with Gasteiger partial charge in [-0.05, 0) is 48.0 Å². The molecule has 2 heterocycles. The zero-order valence-corrected chi connectivity index (χ0v) is 16.3. The van der Waals surface area contributed by atoms with Crippen molar-refractivity contribution in [1.82, 2.24) is 15.0 Å². The minimum absolute atomic E-state index is 0.224. The Morgan fingerprint density at radius 2 is 1.57 bits per heavy atom. The van der Waals surface area contributed by atoms with Crippen LogP contribution in [-0.4, -0.2) is 36.0 Å². The SMILES string of the molecule is CS(=O)(=O)c1ccc(-c2cnc3nc(-c4ccc(OC(F)(F)F)cc4)[nH]c3c2)cc1. The average Bonchev–Trinajstić information content (AvgIpc) is 3.10. The van der Waals surface area contributed by atoms with E-state index in [0.29, 0.717) is 22.6 Å². The monoisotopic (exact) mass is 433 g/mol. The number of H-pyrrole nitrogens is 1. The molecule has 0 bridgehead atoms. The molecule has 0 fully saturated rings. The molecule has 0 amide bonds. The molecule has 0 aliphatic heterocycles. The fraction of sp³-hybridized carbons (Fsp3) is 0.100. The highest BCUT2D eigenvalue weighted by atomic mass is 32.2. The van der Waals surface area contributed by atoms with E-state index in [-0.39, 0.29) is 10.6 Å². The van der Waals surface area contributed by atoms with Crippen LogP contribution in [0.1, 0.15) is 0 Å². The van der Waals surface area contributed by atoms with Crippen molar-refractivity contribution >= 4 is 21.0 Å². The van der Waals surface area contributed by atoms with Crippen LogP contribution in [0.3, 0.4) is 0 Å². The Bertz CT molecular complexity index is 1310. The molecule has 0 unspecified atom stereocenters. The van der Waals surface area contributed by atoms with Crippen LogP contribution in [-0.2, 0) is 9.84 Å². The number of fused-ring (bicyclic) bond motifs is 1. The Morgan fingerprint density at radius 3 is 2.17 bits per heavy atom. The normalized spacial score (nSPS) is 12.3. The van der Waals surface area contributed by atoms with E-state index in [1.165, 1.54) is 36.4 Å². The van der Waals surface area contributed by atoms with Gasteiger partial charge in [-0.1, -0.05) is 12.1 Å². The van der Waals surface area contributed by atoms with E-state index in [1.54, 1.807) is 18.3 Å². The molecule has 4 aromatic rings. The molecule has 0 saturated carbocycles. The maximum atomic E-state index is 12.3. The Hall–Kier alpha value is -3.40. The minimum atomic E-state index is -4.75. The third kappa shape index (κ3) is 4.28. The number of nitrogens with zero attached hydrogens (tertiary/aromatic N) is 2. The summed E-state index contributed by atoms with van der Waals surface area (Å²) < 4.78 is 63.9. The van der Waals surface area contributed by atoms with Crippen molar-refractivity contribution in [3.63, 3.8) is 0 Å². The number of halogens is 3. The molecule has 0 spiro atoms. The van der Waals surface area contributed by atoms with Gasteiger partial charge in [0.2, 0.25) is 0 Å². The van der Waals surface area contributed by atoms with Crippen molar-refractivity contribution in [2.75, 3.05) is 6.26 Å². The van der Waals surface area contributed by atoms with Crippen molar-refractivity contribution in [3.05, 3.63) is 60.8 Å². The third-order valence-corrected chi connectivity index (χ3v) is 5.44. The number of nitrogens with one attached hydrogen (secondary N) is 1. The summed E-state index contributed by atoms with van der Waals surface area (Å²) in [6.45, 7) is 0. The molecule has 2 aromatic heterocycles. The van der Waals surface area contributed by atoms with Gasteiger partial charge in [-0.15, -0.1) is 13.2 Å². The topological polar surface area (TPSA) is 84.9 Å². The first-order valence-electron chi connectivity index (χ1n) is 8.61. The molecule has 2 aromatic carbocycles. The Balaban J connectivity index is 1.63. The standard InChI is InChI=1S/C20H14F3N3O3S/c1-30(27,28)16-8-4-12(5-9-16)14-10-17-19(24-11-14)26-18(25-17)13-2-6-15(7-3-13)29-20(21,22)23/h2-11H,1H3,(H,24,25,26). The first-order valence-corrected chi connectivity index (χ1v) is 10.5. The highest BCUT2D eigenvalue weighted by Crippen LogP contribution is 2.28. The largest absolute Gasteiger partial charge is 0.573 e. The number of pyridine rings is 1. The quantitative estimate of drug-likeness (QED) is 0.509. The van der Waals surface area contributed by atoms with E-state index in [4.69, 9.17) is 0 Å². The first-order chi connectivity index (χ1) is 14.1. The summed E-state index contributed by atoms with van der Waals surface area (Å²) in [5, 5.41) is 0. The number of ether oxygens (including phenoxy) is 1. The van der Waals surface area contributed by atoms with Gasteiger partial charge in [0.25, 0.3) is 0 Å². The van der Waals surface area contributed by atoms with Gasteiger partial charge in [0, 0.05) is 23.6 Å². The van der Waals surface area contributed by atoms with Gasteiger partial charge in [0.1, 0.15) is 11.6 Å². The number of aromatic amines is 1. The molecule has 6 nitrogen and oxygen atoms in total. The number of imidazole rings is 1. The molecule has 1 N–H and O–H groups in total. The summed E-state index contributed by atoms with van der Waals surface area (Å²) in [6.07, 6.45) is -1.99. The van der Waals surface area contributed by atoms with E-state index in [0.717, 1.165) is 17.4 Å². The summed E-state index contributed by atoms with van der Waals surface area (Å²) in [7, 11) is -3.28. The second kappa shape index (κ2) is 7.13. The number of sulfone groups is 1. The predicted molar refractivity (Wildman–Crippen MR) is 105 cm³/mol. The summed E-state index contributed by atoms with van der Waals surface area (Å²) in [4.78, 5) is 12.0. The van der Waals surface area contributed by atoms with E-state index >= 15 is 0 Å². The molecule has 0 radical (unpaired) electrons. The lowest BCUT2D eigenvalue weighted by atomic mass is 10.1. The number of hydrogen-bond donors (Lipinski definition) is 1. The number of alkyl halides is 3. The first kappa shape index (κ1) is 19.9. The number of rotatable bonds is 4. The van der Waals surface area contributed by atoms with Crippen molar-refractivity contribution in [3.8, 4) is 28.3 Å². The lowest BCUT2D eigenvalue weighted by molar-refractivity contribution is -0.274. The highest BCUT2D eigenvalue weighted by molar-refractivity contribution is 7.90. The molecule has 0 aliphatic carbocycles. The number of hydrogen-bond acceptors (Lipinski definition) is 5. The van der Waals surface area contributed by atoms with Crippen LogP contribution in [0.25, 0.3) is 33.7 Å². The van der Waals surface area contributed by atoms with Crippen LogP contribution in [0.5, 0.6) is 5.75 Å². The smallest absolute Gasteiger partial charge is 0.406 e. The Morgan fingerprint density at radius 1 is 0.933 bits per heavy atom. The maximum absolute atomic E-state index is 12.3. The molecule has 0 atom stereocenters. The molecular weight excluding hydrogens is 419 g/mol. The zero-order valence-electron chi connectivity index (χ0n) is 15.4. The molecule has 0 saturated heterocycles. The van der Waals surface area contributed by atoms with Crippen LogP contribution in [0.4, 0.5) is 13.2 Å². The van der Waals surface area contributed by atoms with Crippen LogP contribution >= 0.6 is 0 Å². The van der Waals surface area contributed by atoms with Crippen LogP contribution in [0.2, 0.25) is 0 Å². The molecule has 30 heavy (non-hydrogen) atoms. The van der Waals surface area contributed by atoms with E-state index < -0.39 is 16.2 Å². The fourth-order valence-electron chi connectivity index (χ4n) is 2.90. The second-order valence-corrected chi connectivity index (χ2v) is 8.57. The van der Waals surface area contributed by atoms with Gasteiger partial charge >= 0.3 is 6.36 Å². The van der Waals surface area contributed by atoms with Crippen LogP contribution in [0.15, 0.2) is 65.7 Å². The van der Waals surface area contributed by atoms with Gasteiger partial charge in [-0.3, -0.25) is 0 Å². The molecule has 154 valence electrons. The van der Waals surface area contributed by atoms with Crippen molar-refractivity contribution in [1.29, 1.82) is 0 Å². The minimum Gasteiger partial charge on any atom is -0.406 e. The maximum Gasteiger partial charge on any atom is 0.573 e. The van der Waals surface area contributed by atoms with E-state index in [9.17, 15) is 21.6 Å². The average molecular weight is 433 g/mol. The molecular formula is C20H14F3N3O3S. The summed E-state index contributed by atoms with van der Waals surface area (Å²) in [6, 6.07) is 13.6. The number of aromatic nitrogens is 3. The van der Waals surface area contributed by atoms with Gasteiger partial charge in [-0.25, -0.2) is 18.4 Å². The summed E-state index contributed by atoms with van der Waals surface area (Å²) >= 11 is 0. The van der Waals surface area contributed by atoms with Gasteiger partial charge in [0.15, 0.2) is 15.5 Å². The van der Waals surface area contributed by atoms with Gasteiger partial charge < -0.3 is 9.72 Å². The molecule has 10 heteroatoms. The van der Waals surface area contributed by atoms with Crippen molar-refractivity contribution in [2.45, 2.75) is 11.3 Å². The second-order valence-electron chi connectivity index (χ2n) is 6.55. The zero-order chi connectivity index (χ0) is 21.5. The lowest BCUT2D eigenvalue weighted by Gasteiger charge is -2.08. The van der Waals surface area contributed by atoms with E-state index in [1.807, 2.05) is 6.07 Å². The van der Waals surface area contributed by atoms with Crippen LogP contribution < -0.4 is 4.74 Å². The Kier molecular flexibility index (Phi) is 4.73. The van der Waals surface area contributed by atoms with Crippen molar-refractivity contribution < 1.29 is 26.3 Å². The molecule has 4 rings (SSSR count). The van der Waals surface area contributed by atoms with Crippen molar-refractivity contribution in [2.24, 2.45) is 0 Å². The third-order valence-electron chi connectivity index (χ3n) is 4.31. The predicted octanol–water partition coefficient (Wildman–Crippen LogP) is 4.59. The summed E-state index contributed by atoms with van der Waals surface area (Å²) in [5.74, 6) is 0.126. The van der Waals surface area contributed by atoms with E-state index in [2.05, 4.69) is 19.7 Å². The van der Waals surface area contributed by atoms with Crippen LogP contribution in [0, 0.1) is 0 Å². The summed E-state index contributed by atoms with van der Waals surface area (Å²) in [5.41, 5.74) is 3.18. The van der Waals surface area contributed by atoms with Gasteiger partial charge in [-0.2, -0.15) is 0 Å². The fourth-order valence-corrected chi connectivity index (χ4v) is 3.53. The van der Waals surface area contributed by atoms with Gasteiger partial charge in [0.05, 0.1) is 10.4 Å². The lowest BCUT2D eigenvalue weighted by Crippen LogP contribution is -2.16. The highest BCUT2D eigenvalue weighted by Gasteiger charge is 2.31. The molecule has 0 aliphatic rings.